The largest absolute Gasteiger partial charge is 0.272 e. The Morgan fingerprint density at radius 1 is 1.00 bits per heavy atom. The van der Waals surface area contributed by atoms with Gasteiger partial charge in [-0.2, -0.15) is 0 Å². The number of hydrogen-bond donors (Lipinski definition) is 2. The molecule has 0 fully saturated rings. The maximum atomic E-state index is 12.0. The van der Waals surface area contributed by atoms with Crippen molar-refractivity contribution in [2.45, 2.75) is 17.1 Å². The number of thioether (sulfide) groups is 1. The van der Waals surface area contributed by atoms with Crippen molar-refractivity contribution in [1.82, 2.24) is 10.9 Å². The van der Waals surface area contributed by atoms with E-state index in [1.807, 2.05) is 24.3 Å². The molecule has 2 N–H and O–H groups in total. The van der Waals surface area contributed by atoms with Crippen LogP contribution in [0.3, 0.4) is 0 Å². The normalized spacial score (nSPS) is 11.5. The molecule has 0 saturated heterocycles. The Hall–Kier alpha value is -1.98. The average molecular weight is 335 g/mol. The molecule has 0 spiro atoms. The first-order valence-corrected chi connectivity index (χ1v) is 7.90. The van der Waals surface area contributed by atoms with Gasteiger partial charge < -0.3 is 0 Å². The van der Waals surface area contributed by atoms with Crippen LogP contribution in [0.5, 0.6) is 0 Å². The number of amides is 2. The zero-order chi connectivity index (χ0) is 15.9. The van der Waals surface area contributed by atoms with Gasteiger partial charge in [0.1, 0.15) is 0 Å². The first-order chi connectivity index (χ1) is 10.6. The van der Waals surface area contributed by atoms with E-state index in [4.69, 9.17) is 11.6 Å². The van der Waals surface area contributed by atoms with E-state index >= 15 is 0 Å². The summed E-state index contributed by atoms with van der Waals surface area (Å²) in [6.45, 7) is 1.75. The van der Waals surface area contributed by atoms with Gasteiger partial charge >= 0.3 is 0 Å². The van der Waals surface area contributed by atoms with Gasteiger partial charge in [-0.25, -0.2) is 0 Å². The van der Waals surface area contributed by atoms with Crippen LogP contribution >= 0.6 is 23.4 Å². The molecule has 114 valence electrons. The van der Waals surface area contributed by atoms with Crippen LogP contribution in [-0.4, -0.2) is 17.1 Å². The fourth-order valence-corrected chi connectivity index (χ4v) is 2.82. The van der Waals surface area contributed by atoms with Gasteiger partial charge in [0.15, 0.2) is 0 Å². The third-order valence-corrected chi connectivity index (χ3v) is 4.46. The minimum Gasteiger partial charge on any atom is -0.272 e. The van der Waals surface area contributed by atoms with Crippen molar-refractivity contribution in [3.8, 4) is 0 Å². The third-order valence-electron chi connectivity index (χ3n) is 2.84. The van der Waals surface area contributed by atoms with E-state index in [-0.39, 0.29) is 11.8 Å². The molecule has 2 rings (SSSR count). The van der Waals surface area contributed by atoms with Crippen LogP contribution < -0.4 is 10.9 Å². The number of nitrogens with one attached hydrogen (secondary N) is 2. The molecule has 0 heterocycles. The summed E-state index contributed by atoms with van der Waals surface area (Å²) in [4.78, 5) is 24.7. The van der Waals surface area contributed by atoms with Crippen LogP contribution in [0.4, 0.5) is 0 Å². The van der Waals surface area contributed by atoms with E-state index in [1.165, 1.54) is 11.8 Å². The van der Waals surface area contributed by atoms with Crippen molar-refractivity contribution in [2.75, 3.05) is 0 Å². The van der Waals surface area contributed by atoms with Crippen LogP contribution in [-0.2, 0) is 4.79 Å². The molecule has 0 aliphatic heterocycles. The molecule has 0 radical (unpaired) electrons. The highest BCUT2D eigenvalue weighted by atomic mass is 35.5. The molecule has 1 atom stereocenters. The minimum atomic E-state index is -0.393. The number of benzene rings is 2. The van der Waals surface area contributed by atoms with Crippen molar-refractivity contribution in [2.24, 2.45) is 0 Å². The van der Waals surface area contributed by atoms with Gasteiger partial charge in [0, 0.05) is 10.5 Å². The molecule has 4 nitrogen and oxygen atoms in total. The van der Waals surface area contributed by atoms with Crippen LogP contribution in [0.2, 0.25) is 5.02 Å². The number of carbonyl (C=O) groups is 2. The SMILES string of the molecule is CC(Sc1ccccc1Cl)C(=O)NNC(=O)c1ccccc1. The summed E-state index contributed by atoms with van der Waals surface area (Å²) in [6.07, 6.45) is 0. The van der Waals surface area contributed by atoms with Crippen molar-refractivity contribution in [3.63, 3.8) is 0 Å². The Kier molecular flexibility index (Phi) is 5.86. The molecule has 2 aromatic carbocycles. The second-order valence-electron chi connectivity index (χ2n) is 4.50. The lowest BCUT2D eigenvalue weighted by Gasteiger charge is -2.13. The Balaban J connectivity index is 1.87. The lowest BCUT2D eigenvalue weighted by Crippen LogP contribution is -2.44. The monoisotopic (exact) mass is 334 g/mol. The predicted molar refractivity (Wildman–Crippen MR) is 88.8 cm³/mol. The highest BCUT2D eigenvalue weighted by Gasteiger charge is 2.16. The Labute approximate surface area is 138 Å². The molecular weight excluding hydrogens is 320 g/mol. The molecule has 0 aliphatic rings. The molecular formula is C16H15ClN2O2S. The highest BCUT2D eigenvalue weighted by molar-refractivity contribution is 8.00. The molecule has 22 heavy (non-hydrogen) atoms. The first-order valence-electron chi connectivity index (χ1n) is 6.64. The van der Waals surface area contributed by atoms with E-state index < -0.39 is 5.25 Å². The lowest BCUT2D eigenvalue weighted by molar-refractivity contribution is -0.121. The van der Waals surface area contributed by atoms with Gasteiger partial charge in [0.05, 0.1) is 10.3 Å². The van der Waals surface area contributed by atoms with Gasteiger partial charge in [-0.15, -0.1) is 11.8 Å². The Bertz CT molecular complexity index is 664. The summed E-state index contributed by atoms with van der Waals surface area (Å²) >= 11 is 7.39. The molecule has 2 amide bonds. The van der Waals surface area contributed by atoms with Crippen LogP contribution in [0, 0.1) is 0 Å². The maximum absolute atomic E-state index is 12.0. The first kappa shape index (κ1) is 16.4. The Morgan fingerprint density at radius 3 is 2.32 bits per heavy atom. The molecule has 1 unspecified atom stereocenters. The average Bonchev–Trinajstić information content (AvgIpc) is 2.55. The zero-order valence-electron chi connectivity index (χ0n) is 11.9. The number of rotatable bonds is 4. The van der Waals surface area contributed by atoms with Gasteiger partial charge in [-0.05, 0) is 31.2 Å². The summed E-state index contributed by atoms with van der Waals surface area (Å²) in [6, 6.07) is 16.0. The molecule has 0 aliphatic carbocycles. The second-order valence-corrected chi connectivity index (χ2v) is 6.29. The molecule has 0 saturated carbocycles. The summed E-state index contributed by atoms with van der Waals surface area (Å²) < 4.78 is 0. The lowest BCUT2D eigenvalue weighted by atomic mass is 10.2. The molecule has 2 aromatic rings. The van der Waals surface area contributed by atoms with Crippen molar-refractivity contribution < 1.29 is 9.59 Å². The summed E-state index contributed by atoms with van der Waals surface area (Å²) in [5, 5.41) is 0.205. The number of carbonyl (C=O) groups excluding carboxylic acids is 2. The smallest absolute Gasteiger partial charge is 0.269 e. The standard InChI is InChI=1S/C16H15ClN2O2S/c1-11(22-14-10-6-5-9-13(14)17)15(20)18-19-16(21)12-7-3-2-4-8-12/h2-11H,1H3,(H,18,20)(H,19,21). The predicted octanol–water partition coefficient (Wildman–Crippen LogP) is 3.28. The van der Waals surface area contributed by atoms with Crippen molar-refractivity contribution in [1.29, 1.82) is 0 Å². The number of hydrazine groups is 1. The van der Waals surface area contributed by atoms with Crippen LogP contribution in [0.25, 0.3) is 0 Å². The van der Waals surface area contributed by atoms with Gasteiger partial charge in [0.25, 0.3) is 11.8 Å². The van der Waals surface area contributed by atoms with Gasteiger partial charge in [-0.3, -0.25) is 20.4 Å². The number of halogens is 1. The van der Waals surface area contributed by atoms with Crippen molar-refractivity contribution in [3.05, 3.63) is 65.2 Å². The molecule has 6 heteroatoms. The van der Waals surface area contributed by atoms with Crippen molar-refractivity contribution >= 4 is 35.2 Å². The van der Waals surface area contributed by atoms with E-state index in [9.17, 15) is 9.59 Å². The van der Waals surface area contributed by atoms with Crippen LogP contribution in [0.15, 0.2) is 59.5 Å². The van der Waals surface area contributed by atoms with E-state index in [0.717, 1.165) is 4.90 Å². The van der Waals surface area contributed by atoms with Gasteiger partial charge in [0.2, 0.25) is 0 Å². The Morgan fingerprint density at radius 2 is 1.64 bits per heavy atom. The zero-order valence-corrected chi connectivity index (χ0v) is 13.4. The quantitative estimate of drug-likeness (QED) is 0.666. The summed E-state index contributed by atoms with van der Waals surface area (Å²) in [5.74, 6) is -0.655. The van der Waals surface area contributed by atoms with E-state index in [2.05, 4.69) is 10.9 Å². The maximum Gasteiger partial charge on any atom is 0.269 e. The fourth-order valence-electron chi connectivity index (χ4n) is 1.67. The number of hydrogen-bond acceptors (Lipinski definition) is 3. The summed E-state index contributed by atoms with van der Waals surface area (Å²) in [5.41, 5.74) is 5.29. The fraction of sp³-hybridized carbons (Fsp3) is 0.125. The minimum absolute atomic E-state index is 0.297. The molecule has 0 aromatic heterocycles. The highest BCUT2D eigenvalue weighted by Crippen LogP contribution is 2.29. The van der Waals surface area contributed by atoms with E-state index in [1.54, 1.807) is 37.3 Å². The summed E-state index contributed by atoms with van der Waals surface area (Å²) in [7, 11) is 0. The second kappa shape index (κ2) is 7.87. The van der Waals surface area contributed by atoms with Crippen LogP contribution in [0.1, 0.15) is 17.3 Å². The third kappa shape index (κ3) is 4.51. The molecule has 0 bridgehead atoms. The van der Waals surface area contributed by atoms with E-state index in [0.29, 0.717) is 10.6 Å². The van der Waals surface area contributed by atoms with Gasteiger partial charge in [-0.1, -0.05) is 41.9 Å². The topological polar surface area (TPSA) is 58.2 Å².